The fourth-order valence-electron chi connectivity index (χ4n) is 3.58. The number of anilines is 1. The van der Waals surface area contributed by atoms with Crippen LogP contribution in [0.5, 0.6) is 5.75 Å². The molecular weight excluding hydrogens is 391 g/mol. The molecule has 0 unspecified atom stereocenters. The van der Waals surface area contributed by atoms with Crippen molar-refractivity contribution in [1.82, 2.24) is 4.57 Å². The van der Waals surface area contributed by atoms with Crippen LogP contribution < -0.4 is 10.1 Å². The summed E-state index contributed by atoms with van der Waals surface area (Å²) in [5.41, 5.74) is 4.74. The number of carbonyl (C=O) groups is 1. The van der Waals surface area contributed by atoms with Crippen LogP contribution in [0.1, 0.15) is 23.0 Å². The van der Waals surface area contributed by atoms with Gasteiger partial charge in [0.25, 0.3) is 5.91 Å². The van der Waals surface area contributed by atoms with E-state index < -0.39 is 0 Å². The number of ether oxygens (including phenoxy) is 1. The van der Waals surface area contributed by atoms with Gasteiger partial charge in [-0.05, 0) is 74.0 Å². The molecule has 5 heteroatoms. The zero-order valence-corrected chi connectivity index (χ0v) is 17.4. The molecule has 0 bridgehead atoms. The summed E-state index contributed by atoms with van der Waals surface area (Å²) in [6.45, 7) is 4.47. The zero-order valence-electron chi connectivity index (χ0n) is 17.4. The van der Waals surface area contributed by atoms with Crippen molar-refractivity contribution in [3.63, 3.8) is 0 Å². The van der Waals surface area contributed by atoms with E-state index in [4.69, 9.17) is 4.74 Å². The van der Waals surface area contributed by atoms with Gasteiger partial charge < -0.3 is 14.6 Å². The highest BCUT2D eigenvalue weighted by atomic mass is 19.1. The van der Waals surface area contributed by atoms with Crippen LogP contribution in [0.3, 0.4) is 0 Å². The number of nitrogens with one attached hydrogen (secondary N) is 1. The summed E-state index contributed by atoms with van der Waals surface area (Å²) in [7, 11) is 0. The highest BCUT2D eigenvalue weighted by Gasteiger charge is 2.20. The van der Waals surface area contributed by atoms with Crippen LogP contribution in [0, 0.1) is 12.7 Å². The molecule has 0 fully saturated rings. The smallest absolute Gasteiger partial charge is 0.257 e. The molecule has 1 aromatic heterocycles. The molecule has 31 heavy (non-hydrogen) atoms. The molecule has 0 aliphatic rings. The van der Waals surface area contributed by atoms with Crippen molar-refractivity contribution in [2.75, 3.05) is 11.9 Å². The molecule has 0 atom stereocenters. The zero-order chi connectivity index (χ0) is 21.8. The summed E-state index contributed by atoms with van der Waals surface area (Å²) >= 11 is 0. The van der Waals surface area contributed by atoms with Gasteiger partial charge in [0, 0.05) is 17.1 Å². The summed E-state index contributed by atoms with van der Waals surface area (Å²) in [4.78, 5) is 13.0. The molecule has 0 aliphatic carbocycles. The molecule has 4 rings (SSSR count). The standard InChI is InChI=1S/C26H23FN2O2/c1-3-31-23-15-13-22(14-16-23)29-18(2)24(17-25(29)19-7-5-4-6-8-19)26(30)28-21-11-9-20(27)10-12-21/h4-17H,3H2,1-2H3,(H,28,30). The maximum atomic E-state index is 13.2. The number of rotatable bonds is 6. The highest BCUT2D eigenvalue weighted by molar-refractivity contribution is 6.06. The van der Waals surface area contributed by atoms with Crippen LogP contribution in [0.25, 0.3) is 16.9 Å². The highest BCUT2D eigenvalue weighted by Crippen LogP contribution is 2.30. The molecule has 4 nitrogen and oxygen atoms in total. The summed E-state index contributed by atoms with van der Waals surface area (Å²) < 4.78 is 20.8. The normalized spacial score (nSPS) is 10.7. The lowest BCUT2D eigenvalue weighted by molar-refractivity contribution is 0.102. The monoisotopic (exact) mass is 414 g/mol. The van der Waals surface area contributed by atoms with Crippen LogP contribution >= 0.6 is 0 Å². The third kappa shape index (κ3) is 4.36. The first kappa shape index (κ1) is 20.4. The topological polar surface area (TPSA) is 43.3 Å². The van der Waals surface area contributed by atoms with Crippen LogP contribution in [-0.4, -0.2) is 17.1 Å². The number of aromatic nitrogens is 1. The van der Waals surface area contributed by atoms with E-state index in [0.717, 1.165) is 28.4 Å². The Kier molecular flexibility index (Phi) is 5.85. The van der Waals surface area contributed by atoms with E-state index in [1.54, 1.807) is 12.1 Å². The van der Waals surface area contributed by atoms with Gasteiger partial charge in [0.15, 0.2) is 0 Å². The summed E-state index contributed by atoms with van der Waals surface area (Å²) in [6.07, 6.45) is 0. The molecule has 1 N–H and O–H groups in total. The third-order valence-electron chi connectivity index (χ3n) is 5.07. The van der Waals surface area contributed by atoms with Crippen LogP contribution in [-0.2, 0) is 0 Å². The Morgan fingerprint density at radius 3 is 2.29 bits per heavy atom. The second-order valence-electron chi connectivity index (χ2n) is 7.12. The van der Waals surface area contributed by atoms with Gasteiger partial charge in [0.2, 0.25) is 0 Å². The average molecular weight is 414 g/mol. The van der Waals surface area contributed by atoms with Gasteiger partial charge in [-0.2, -0.15) is 0 Å². The minimum Gasteiger partial charge on any atom is -0.494 e. The predicted octanol–water partition coefficient (Wildman–Crippen LogP) is 6.24. The van der Waals surface area contributed by atoms with Crippen molar-refractivity contribution in [3.8, 4) is 22.7 Å². The van der Waals surface area contributed by atoms with Gasteiger partial charge in [-0.1, -0.05) is 30.3 Å². The molecular formula is C26H23FN2O2. The van der Waals surface area contributed by atoms with E-state index >= 15 is 0 Å². The molecule has 156 valence electrons. The Morgan fingerprint density at radius 1 is 0.968 bits per heavy atom. The molecule has 1 amide bonds. The molecule has 4 aromatic rings. The number of hydrogen-bond acceptors (Lipinski definition) is 2. The van der Waals surface area contributed by atoms with Crippen molar-refractivity contribution < 1.29 is 13.9 Å². The fourth-order valence-corrected chi connectivity index (χ4v) is 3.58. The Morgan fingerprint density at radius 2 is 1.65 bits per heavy atom. The van der Waals surface area contributed by atoms with E-state index in [2.05, 4.69) is 9.88 Å². The Labute approximate surface area is 180 Å². The lowest BCUT2D eigenvalue weighted by atomic mass is 10.1. The molecule has 0 radical (unpaired) electrons. The van der Waals surface area contributed by atoms with E-state index in [9.17, 15) is 9.18 Å². The maximum absolute atomic E-state index is 13.2. The molecule has 0 saturated heterocycles. The van der Waals surface area contributed by atoms with E-state index in [0.29, 0.717) is 17.9 Å². The first-order valence-corrected chi connectivity index (χ1v) is 10.1. The number of amides is 1. The molecule has 1 heterocycles. The quantitative estimate of drug-likeness (QED) is 0.406. The second-order valence-corrected chi connectivity index (χ2v) is 7.12. The molecule has 0 saturated carbocycles. The minimum absolute atomic E-state index is 0.244. The van der Waals surface area contributed by atoms with E-state index in [1.165, 1.54) is 12.1 Å². The van der Waals surface area contributed by atoms with Gasteiger partial charge >= 0.3 is 0 Å². The Hall–Kier alpha value is -3.86. The minimum atomic E-state index is -0.345. The summed E-state index contributed by atoms with van der Waals surface area (Å²) in [5, 5.41) is 2.86. The predicted molar refractivity (Wildman–Crippen MR) is 121 cm³/mol. The fraction of sp³-hybridized carbons (Fsp3) is 0.115. The van der Waals surface area contributed by atoms with Gasteiger partial charge in [0.05, 0.1) is 17.9 Å². The number of halogens is 1. The lowest BCUT2D eigenvalue weighted by Gasteiger charge is -2.13. The van der Waals surface area contributed by atoms with Crippen molar-refractivity contribution in [2.45, 2.75) is 13.8 Å². The SMILES string of the molecule is CCOc1ccc(-n2c(-c3ccccc3)cc(C(=O)Nc3ccc(F)cc3)c2C)cc1. The number of nitrogens with zero attached hydrogens (tertiary/aromatic N) is 1. The van der Waals surface area contributed by atoms with Crippen molar-refractivity contribution in [3.05, 3.63) is 102 Å². The van der Waals surface area contributed by atoms with Gasteiger partial charge in [-0.15, -0.1) is 0 Å². The van der Waals surface area contributed by atoms with E-state index in [1.807, 2.05) is 74.5 Å². The van der Waals surface area contributed by atoms with Crippen LogP contribution in [0.2, 0.25) is 0 Å². The largest absolute Gasteiger partial charge is 0.494 e. The Balaban J connectivity index is 1.77. The van der Waals surface area contributed by atoms with Gasteiger partial charge in [0.1, 0.15) is 11.6 Å². The maximum Gasteiger partial charge on any atom is 0.257 e. The van der Waals surface area contributed by atoms with Crippen molar-refractivity contribution >= 4 is 11.6 Å². The molecule has 3 aromatic carbocycles. The number of benzene rings is 3. The van der Waals surface area contributed by atoms with E-state index in [-0.39, 0.29) is 11.7 Å². The number of hydrogen-bond donors (Lipinski definition) is 1. The number of carbonyl (C=O) groups excluding carboxylic acids is 1. The third-order valence-corrected chi connectivity index (χ3v) is 5.07. The lowest BCUT2D eigenvalue weighted by Crippen LogP contribution is -2.13. The second kappa shape index (κ2) is 8.88. The van der Waals surface area contributed by atoms with Gasteiger partial charge in [-0.3, -0.25) is 4.79 Å². The molecule has 0 aliphatic heterocycles. The van der Waals surface area contributed by atoms with Gasteiger partial charge in [-0.25, -0.2) is 4.39 Å². The van der Waals surface area contributed by atoms with Crippen molar-refractivity contribution in [1.29, 1.82) is 0 Å². The summed E-state index contributed by atoms with van der Waals surface area (Å²) in [5.74, 6) is 0.208. The first-order valence-electron chi connectivity index (χ1n) is 10.1. The van der Waals surface area contributed by atoms with Crippen LogP contribution in [0.4, 0.5) is 10.1 Å². The summed E-state index contributed by atoms with van der Waals surface area (Å²) in [6, 6.07) is 25.4. The van der Waals surface area contributed by atoms with Crippen LogP contribution in [0.15, 0.2) is 84.9 Å². The molecule has 0 spiro atoms. The van der Waals surface area contributed by atoms with Crippen molar-refractivity contribution in [2.24, 2.45) is 0 Å². The Bertz CT molecular complexity index is 1180. The first-order chi connectivity index (χ1) is 15.1. The average Bonchev–Trinajstić information content (AvgIpc) is 3.14.